The van der Waals surface area contributed by atoms with Crippen LogP contribution in [-0.4, -0.2) is 16.8 Å². The highest BCUT2D eigenvalue weighted by Gasteiger charge is 2.22. The van der Waals surface area contributed by atoms with E-state index in [0.717, 1.165) is 18.2 Å². The van der Waals surface area contributed by atoms with Gasteiger partial charge in [-0.2, -0.15) is 0 Å². The number of carbonyl (C=O) groups is 2. The molecule has 0 saturated heterocycles. The van der Waals surface area contributed by atoms with Gasteiger partial charge in [-0.05, 0) is 30.3 Å². The van der Waals surface area contributed by atoms with Gasteiger partial charge in [0.15, 0.2) is 0 Å². The van der Waals surface area contributed by atoms with Crippen LogP contribution in [-0.2, 0) is 4.79 Å². The van der Waals surface area contributed by atoms with Crippen molar-refractivity contribution >= 4 is 23.3 Å². The molecule has 0 aliphatic rings. The summed E-state index contributed by atoms with van der Waals surface area (Å²) in [5.74, 6) is -2.32. The standard InChI is InChI=1S/C18H17FN2O5/c1-18(2,3)17(23)20-13-7-4-11(5-8-13)16(22)26-15-10-12(19)6-9-14(15)21(24)25/h4-10H,1-3H3,(H,20,23). The molecule has 26 heavy (non-hydrogen) atoms. The maximum Gasteiger partial charge on any atom is 0.343 e. The van der Waals surface area contributed by atoms with Crippen LogP contribution in [0, 0.1) is 21.3 Å². The number of hydrogen-bond acceptors (Lipinski definition) is 5. The molecule has 0 aliphatic carbocycles. The largest absolute Gasteiger partial charge is 0.415 e. The summed E-state index contributed by atoms with van der Waals surface area (Å²) in [6, 6.07) is 8.39. The van der Waals surface area contributed by atoms with Crippen LogP contribution in [0.5, 0.6) is 5.75 Å². The van der Waals surface area contributed by atoms with Gasteiger partial charge in [0.05, 0.1) is 10.5 Å². The van der Waals surface area contributed by atoms with Crippen LogP contribution in [0.1, 0.15) is 31.1 Å². The van der Waals surface area contributed by atoms with Crippen LogP contribution in [0.25, 0.3) is 0 Å². The van der Waals surface area contributed by atoms with Crippen molar-refractivity contribution in [2.75, 3.05) is 5.32 Å². The van der Waals surface area contributed by atoms with Gasteiger partial charge in [0, 0.05) is 23.2 Å². The SMILES string of the molecule is CC(C)(C)C(=O)Nc1ccc(C(=O)Oc2cc(F)ccc2[N+](=O)[O-])cc1. The van der Waals surface area contributed by atoms with Gasteiger partial charge in [-0.3, -0.25) is 14.9 Å². The molecule has 7 nitrogen and oxygen atoms in total. The van der Waals surface area contributed by atoms with E-state index >= 15 is 0 Å². The first-order chi connectivity index (χ1) is 12.1. The van der Waals surface area contributed by atoms with Gasteiger partial charge in [0.25, 0.3) is 0 Å². The molecule has 0 bridgehead atoms. The number of nitro benzene ring substituents is 1. The van der Waals surface area contributed by atoms with Gasteiger partial charge in [0.2, 0.25) is 11.7 Å². The van der Waals surface area contributed by atoms with Gasteiger partial charge >= 0.3 is 11.7 Å². The number of rotatable bonds is 4. The van der Waals surface area contributed by atoms with E-state index in [2.05, 4.69) is 5.32 Å². The normalized spacial score (nSPS) is 10.9. The number of esters is 1. The molecule has 0 unspecified atom stereocenters. The van der Waals surface area contributed by atoms with E-state index in [9.17, 15) is 24.1 Å². The fourth-order valence-corrected chi connectivity index (χ4v) is 1.89. The molecule has 8 heteroatoms. The molecular weight excluding hydrogens is 343 g/mol. The number of hydrogen-bond donors (Lipinski definition) is 1. The van der Waals surface area contributed by atoms with E-state index in [0.29, 0.717) is 5.69 Å². The lowest BCUT2D eigenvalue weighted by molar-refractivity contribution is -0.385. The van der Waals surface area contributed by atoms with Crippen molar-refractivity contribution in [1.82, 2.24) is 0 Å². The Hall–Kier alpha value is -3.29. The first kappa shape index (κ1) is 19.0. The second kappa shape index (κ2) is 7.30. The molecule has 0 fully saturated rings. The van der Waals surface area contributed by atoms with Crippen LogP contribution >= 0.6 is 0 Å². The van der Waals surface area contributed by atoms with Crippen LogP contribution in [0.3, 0.4) is 0 Å². The van der Waals surface area contributed by atoms with E-state index in [1.807, 2.05) is 0 Å². The number of ether oxygens (including phenoxy) is 1. The van der Waals surface area contributed by atoms with Gasteiger partial charge in [-0.1, -0.05) is 20.8 Å². The number of carbonyl (C=O) groups excluding carboxylic acids is 2. The molecule has 1 amide bonds. The number of nitrogens with zero attached hydrogens (tertiary/aromatic N) is 1. The number of nitro groups is 1. The minimum absolute atomic E-state index is 0.0947. The molecule has 0 saturated carbocycles. The average Bonchev–Trinajstić information content (AvgIpc) is 2.54. The Morgan fingerprint density at radius 3 is 2.27 bits per heavy atom. The molecule has 2 aromatic rings. The molecular formula is C18H17FN2O5. The third-order valence-corrected chi connectivity index (χ3v) is 3.38. The summed E-state index contributed by atoms with van der Waals surface area (Å²) in [4.78, 5) is 34.2. The molecule has 1 N–H and O–H groups in total. The minimum atomic E-state index is -0.882. The summed E-state index contributed by atoms with van der Waals surface area (Å²) in [5, 5.41) is 13.6. The highest BCUT2D eigenvalue weighted by atomic mass is 19.1. The zero-order valence-electron chi connectivity index (χ0n) is 14.4. The molecule has 0 heterocycles. The minimum Gasteiger partial charge on any atom is -0.415 e. The Morgan fingerprint density at radius 1 is 1.12 bits per heavy atom. The molecule has 0 atom stereocenters. The lowest BCUT2D eigenvalue weighted by Gasteiger charge is -2.17. The van der Waals surface area contributed by atoms with E-state index in [1.165, 1.54) is 24.3 Å². The van der Waals surface area contributed by atoms with E-state index in [-0.39, 0.29) is 11.5 Å². The molecule has 0 spiro atoms. The fraction of sp³-hybridized carbons (Fsp3) is 0.222. The van der Waals surface area contributed by atoms with Crippen LogP contribution < -0.4 is 10.1 Å². The zero-order valence-corrected chi connectivity index (χ0v) is 14.4. The van der Waals surface area contributed by atoms with Crippen LogP contribution in [0.4, 0.5) is 15.8 Å². The Kier molecular flexibility index (Phi) is 5.35. The van der Waals surface area contributed by atoms with Gasteiger partial charge in [-0.15, -0.1) is 0 Å². The first-order valence-corrected chi connectivity index (χ1v) is 7.65. The second-order valence-electron chi connectivity index (χ2n) is 6.54. The summed E-state index contributed by atoms with van der Waals surface area (Å²) < 4.78 is 18.2. The molecule has 2 rings (SSSR count). The summed E-state index contributed by atoms with van der Waals surface area (Å²) in [6.07, 6.45) is 0. The van der Waals surface area contributed by atoms with Gasteiger partial charge in [-0.25, -0.2) is 9.18 Å². The van der Waals surface area contributed by atoms with Crippen LogP contribution in [0.15, 0.2) is 42.5 Å². The number of anilines is 1. The molecule has 0 radical (unpaired) electrons. The predicted molar refractivity (Wildman–Crippen MR) is 92.5 cm³/mol. The maximum atomic E-state index is 13.3. The zero-order chi connectivity index (χ0) is 19.5. The Bertz CT molecular complexity index is 857. The lowest BCUT2D eigenvalue weighted by Crippen LogP contribution is -2.27. The molecule has 0 aliphatic heterocycles. The summed E-state index contributed by atoms with van der Waals surface area (Å²) >= 11 is 0. The third kappa shape index (κ3) is 4.62. The quantitative estimate of drug-likeness (QED) is 0.385. The van der Waals surface area contributed by atoms with E-state index in [4.69, 9.17) is 4.74 Å². The maximum absolute atomic E-state index is 13.3. The van der Waals surface area contributed by atoms with Gasteiger partial charge in [0.1, 0.15) is 5.82 Å². The van der Waals surface area contributed by atoms with Crippen molar-refractivity contribution in [3.05, 3.63) is 64.0 Å². The predicted octanol–water partition coefficient (Wildman–Crippen LogP) is 3.94. The fourth-order valence-electron chi connectivity index (χ4n) is 1.89. The van der Waals surface area contributed by atoms with Crippen molar-refractivity contribution < 1.29 is 23.6 Å². The molecule has 136 valence electrons. The molecule has 2 aromatic carbocycles. The molecule has 0 aromatic heterocycles. The van der Waals surface area contributed by atoms with E-state index < -0.39 is 33.6 Å². The number of benzene rings is 2. The topological polar surface area (TPSA) is 98.5 Å². The number of amides is 1. The van der Waals surface area contributed by atoms with Crippen molar-refractivity contribution in [3.8, 4) is 5.75 Å². The second-order valence-corrected chi connectivity index (χ2v) is 6.54. The first-order valence-electron chi connectivity index (χ1n) is 7.65. The third-order valence-electron chi connectivity index (χ3n) is 3.38. The Balaban J connectivity index is 2.15. The number of halogens is 1. The summed E-state index contributed by atoms with van der Waals surface area (Å²) in [5.41, 5.74) is -0.516. The van der Waals surface area contributed by atoms with Crippen molar-refractivity contribution in [2.45, 2.75) is 20.8 Å². The Morgan fingerprint density at radius 2 is 1.73 bits per heavy atom. The number of nitrogens with one attached hydrogen (secondary N) is 1. The lowest BCUT2D eigenvalue weighted by atomic mass is 9.95. The van der Waals surface area contributed by atoms with E-state index in [1.54, 1.807) is 20.8 Å². The van der Waals surface area contributed by atoms with Crippen molar-refractivity contribution in [3.63, 3.8) is 0 Å². The van der Waals surface area contributed by atoms with Crippen LogP contribution in [0.2, 0.25) is 0 Å². The summed E-state index contributed by atoms with van der Waals surface area (Å²) in [6.45, 7) is 5.29. The summed E-state index contributed by atoms with van der Waals surface area (Å²) in [7, 11) is 0. The monoisotopic (exact) mass is 360 g/mol. The van der Waals surface area contributed by atoms with Crippen molar-refractivity contribution in [2.24, 2.45) is 5.41 Å². The smallest absolute Gasteiger partial charge is 0.343 e. The highest BCUT2D eigenvalue weighted by Crippen LogP contribution is 2.28. The van der Waals surface area contributed by atoms with Crippen molar-refractivity contribution in [1.29, 1.82) is 0 Å². The Labute approximate surface area is 148 Å². The highest BCUT2D eigenvalue weighted by molar-refractivity contribution is 5.96. The van der Waals surface area contributed by atoms with Gasteiger partial charge < -0.3 is 10.1 Å². The average molecular weight is 360 g/mol.